The van der Waals surface area contributed by atoms with Crippen LogP contribution in [0.3, 0.4) is 0 Å². The van der Waals surface area contributed by atoms with Gasteiger partial charge in [0.25, 0.3) is 5.91 Å². The molecule has 0 aromatic heterocycles. The molecule has 4 rings (SSSR count). The summed E-state index contributed by atoms with van der Waals surface area (Å²) in [6.45, 7) is 2.11. The van der Waals surface area contributed by atoms with E-state index in [1.54, 1.807) is 12.0 Å². The summed E-state index contributed by atoms with van der Waals surface area (Å²) in [6.07, 6.45) is 0.943. The predicted octanol–water partition coefficient (Wildman–Crippen LogP) is 5.31. The van der Waals surface area contributed by atoms with Crippen LogP contribution in [0.5, 0.6) is 5.75 Å². The van der Waals surface area contributed by atoms with Crippen molar-refractivity contribution in [3.63, 3.8) is 0 Å². The molecule has 29 heavy (non-hydrogen) atoms. The van der Waals surface area contributed by atoms with Crippen LogP contribution in [0, 0.1) is 0 Å². The summed E-state index contributed by atoms with van der Waals surface area (Å²) in [5.74, 6) is 0.0971. The summed E-state index contributed by atoms with van der Waals surface area (Å²) in [7, 11) is 1.61. The minimum absolute atomic E-state index is 0.211. The molecule has 0 spiro atoms. The zero-order chi connectivity index (χ0) is 20.4. The lowest BCUT2D eigenvalue weighted by atomic mass is 9.92. The number of carbonyl (C=O) groups excluding carboxylic acids is 1. The molecule has 0 bridgehead atoms. The molecule has 1 aliphatic rings. The Morgan fingerprint density at radius 1 is 0.931 bits per heavy atom. The number of rotatable bonds is 5. The van der Waals surface area contributed by atoms with Gasteiger partial charge in [-0.3, -0.25) is 9.69 Å². The van der Waals surface area contributed by atoms with Gasteiger partial charge in [-0.1, -0.05) is 61.5 Å². The van der Waals surface area contributed by atoms with Crippen LogP contribution in [-0.2, 0) is 11.2 Å². The van der Waals surface area contributed by atoms with Crippen molar-refractivity contribution in [3.8, 4) is 5.75 Å². The molecule has 0 saturated heterocycles. The van der Waals surface area contributed by atoms with Crippen LogP contribution in [0.4, 0.5) is 5.69 Å². The Kier molecular flexibility index (Phi) is 5.09. The van der Waals surface area contributed by atoms with Gasteiger partial charge in [-0.15, -0.1) is 0 Å². The fourth-order valence-corrected chi connectivity index (χ4v) is 3.78. The Balaban J connectivity index is 1.86. The number of hydrogen-bond donors (Lipinski definition) is 1. The third-order valence-electron chi connectivity index (χ3n) is 5.35. The Bertz CT molecular complexity index is 1040. The lowest BCUT2D eigenvalue weighted by Gasteiger charge is -2.27. The van der Waals surface area contributed by atoms with Crippen LogP contribution in [0.1, 0.15) is 29.7 Å². The lowest BCUT2D eigenvalue weighted by molar-refractivity contribution is -0.117. The van der Waals surface area contributed by atoms with E-state index in [0.717, 1.165) is 17.5 Å². The molecule has 3 aromatic rings. The molecule has 1 atom stereocenters. The van der Waals surface area contributed by atoms with E-state index in [4.69, 9.17) is 4.74 Å². The SMILES string of the molecule is CCc1ccc([C@H]2C(c3ccccc3)=C(O)C(=O)N2c2ccc(OC)cc2)cc1. The minimum atomic E-state index is -0.413. The van der Waals surface area contributed by atoms with Crippen molar-refractivity contribution in [3.05, 3.63) is 101 Å². The largest absolute Gasteiger partial charge is 0.503 e. The molecule has 0 aliphatic carbocycles. The van der Waals surface area contributed by atoms with Gasteiger partial charge in [-0.25, -0.2) is 0 Å². The van der Waals surface area contributed by atoms with Gasteiger partial charge in [-0.2, -0.15) is 0 Å². The van der Waals surface area contributed by atoms with Gasteiger partial charge >= 0.3 is 0 Å². The van der Waals surface area contributed by atoms with Crippen molar-refractivity contribution < 1.29 is 14.6 Å². The second kappa shape index (κ2) is 7.84. The summed E-state index contributed by atoms with van der Waals surface area (Å²) in [4.78, 5) is 14.8. The van der Waals surface area contributed by atoms with Crippen LogP contribution < -0.4 is 9.64 Å². The number of hydrogen-bond acceptors (Lipinski definition) is 3. The first-order chi connectivity index (χ1) is 14.1. The van der Waals surface area contributed by atoms with Gasteiger partial charge in [-0.05, 0) is 47.4 Å². The summed E-state index contributed by atoms with van der Waals surface area (Å²) in [6, 6.07) is 24.7. The molecule has 4 heteroatoms. The second-order valence-corrected chi connectivity index (χ2v) is 7.00. The van der Waals surface area contributed by atoms with E-state index in [9.17, 15) is 9.90 Å². The molecule has 0 unspecified atom stereocenters. The molecule has 1 aliphatic heterocycles. The number of methoxy groups -OCH3 is 1. The van der Waals surface area contributed by atoms with Crippen LogP contribution in [0.15, 0.2) is 84.6 Å². The Hall–Kier alpha value is -3.53. The molecule has 4 nitrogen and oxygen atoms in total. The van der Waals surface area contributed by atoms with Crippen LogP contribution in [0.25, 0.3) is 5.57 Å². The first-order valence-electron chi connectivity index (χ1n) is 9.69. The monoisotopic (exact) mass is 385 g/mol. The highest BCUT2D eigenvalue weighted by molar-refractivity contribution is 6.16. The average molecular weight is 385 g/mol. The smallest absolute Gasteiger partial charge is 0.294 e. The molecular weight excluding hydrogens is 362 g/mol. The summed E-state index contributed by atoms with van der Waals surface area (Å²) < 4.78 is 5.24. The second-order valence-electron chi connectivity index (χ2n) is 7.00. The zero-order valence-corrected chi connectivity index (χ0v) is 16.5. The highest BCUT2D eigenvalue weighted by Crippen LogP contribution is 2.45. The van der Waals surface area contributed by atoms with Crippen molar-refractivity contribution in [2.75, 3.05) is 12.0 Å². The van der Waals surface area contributed by atoms with E-state index in [1.165, 1.54) is 5.56 Å². The molecule has 0 saturated carbocycles. The molecule has 1 N–H and O–H groups in total. The number of aliphatic hydroxyl groups excluding tert-OH is 1. The number of aryl methyl sites for hydroxylation is 1. The summed E-state index contributed by atoms with van der Waals surface area (Å²) in [5.41, 5.74) is 4.34. The normalized spacial score (nSPS) is 16.4. The summed E-state index contributed by atoms with van der Waals surface area (Å²) >= 11 is 0. The molecule has 3 aromatic carbocycles. The maximum Gasteiger partial charge on any atom is 0.294 e. The zero-order valence-electron chi connectivity index (χ0n) is 16.5. The van der Waals surface area contributed by atoms with Gasteiger partial charge in [0.05, 0.1) is 13.2 Å². The lowest BCUT2D eigenvalue weighted by Crippen LogP contribution is -2.30. The quantitative estimate of drug-likeness (QED) is 0.647. The van der Waals surface area contributed by atoms with Crippen molar-refractivity contribution in [1.29, 1.82) is 0 Å². The molecule has 1 heterocycles. The van der Waals surface area contributed by atoms with Crippen LogP contribution in [0.2, 0.25) is 0 Å². The first kappa shape index (κ1) is 18.8. The van der Waals surface area contributed by atoms with Gasteiger partial charge in [0.1, 0.15) is 5.75 Å². The Labute approximate surface area is 170 Å². The van der Waals surface area contributed by atoms with E-state index in [2.05, 4.69) is 19.1 Å². The third kappa shape index (κ3) is 3.38. The van der Waals surface area contributed by atoms with E-state index in [0.29, 0.717) is 17.0 Å². The third-order valence-corrected chi connectivity index (χ3v) is 5.35. The van der Waals surface area contributed by atoms with E-state index in [1.807, 2.05) is 66.7 Å². The number of carbonyl (C=O) groups is 1. The van der Waals surface area contributed by atoms with Crippen LogP contribution in [-0.4, -0.2) is 18.1 Å². The van der Waals surface area contributed by atoms with Gasteiger partial charge in [0.15, 0.2) is 5.76 Å². The molecule has 1 amide bonds. The van der Waals surface area contributed by atoms with E-state index in [-0.39, 0.29) is 5.76 Å². The van der Waals surface area contributed by atoms with E-state index >= 15 is 0 Å². The maximum atomic E-state index is 13.1. The maximum absolute atomic E-state index is 13.1. The number of amides is 1. The molecule has 0 radical (unpaired) electrons. The number of benzene rings is 3. The first-order valence-corrected chi connectivity index (χ1v) is 9.69. The van der Waals surface area contributed by atoms with Gasteiger partial charge in [0, 0.05) is 11.3 Å². The van der Waals surface area contributed by atoms with E-state index < -0.39 is 11.9 Å². The molecular formula is C25H23NO3. The average Bonchev–Trinajstić information content (AvgIpc) is 3.05. The van der Waals surface area contributed by atoms with Gasteiger partial charge < -0.3 is 9.84 Å². The van der Waals surface area contributed by atoms with Crippen molar-refractivity contribution in [2.45, 2.75) is 19.4 Å². The van der Waals surface area contributed by atoms with Crippen molar-refractivity contribution in [2.24, 2.45) is 0 Å². The standard InChI is InChI=1S/C25H23NO3/c1-3-17-9-11-19(12-10-17)23-22(18-7-5-4-6-8-18)24(27)25(28)26(23)20-13-15-21(29-2)16-14-20/h4-16,23,27H,3H2,1-2H3/t23-/m0/s1. The molecule has 0 fully saturated rings. The Morgan fingerprint density at radius 3 is 2.17 bits per heavy atom. The van der Waals surface area contributed by atoms with Crippen LogP contribution >= 0.6 is 0 Å². The van der Waals surface area contributed by atoms with Gasteiger partial charge in [0.2, 0.25) is 0 Å². The number of aliphatic hydroxyl groups is 1. The van der Waals surface area contributed by atoms with Crippen molar-refractivity contribution in [1.82, 2.24) is 0 Å². The number of anilines is 1. The number of ether oxygens (including phenoxy) is 1. The number of nitrogens with zero attached hydrogens (tertiary/aromatic N) is 1. The minimum Gasteiger partial charge on any atom is -0.503 e. The fourth-order valence-electron chi connectivity index (χ4n) is 3.78. The highest BCUT2D eigenvalue weighted by Gasteiger charge is 2.41. The fraction of sp³-hybridized carbons (Fsp3) is 0.160. The summed E-state index contributed by atoms with van der Waals surface area (Å²) in [5, 5.41) is 10.8. The predicted molar refractivity (Wildman–Crippen MR) is 115 cm³/mol. The Morgan fingerprint density at radius 2 is 1.59 bits per heavy atom. The van der Waals surface area contributed by atoms with Crippen molar-refractivity contribution >= 4 is 17.2 Å². The topological polar surface area (TPSA) is 49.8 Å². The highest BCUT2D eigenvalue weighted by atomic mass is 16.5. The molecule has 146 valence electrons.